The predicted octanol–water partition coefficient (Wildman–Crippen LogP) is 1.64. The van der Waals surface area contributed by atoms with Crippen LogP contribution in [0.3, 0.4) is 0 Å². The van der Waals surface area contributed by atoms with Gasteiger partial charge < -0.3 is 14.8 Å². The molecule has 0 saturated heterocycles. The van der Waals surface area contributed by atoms with E-state index in [0.29, 0.717) is 19.2 Å². The molecule has 1 heterocycles. The van der Waals surface area contributed by atoms with E-state index in [1.807, 2.05) is 24.3 Å². The second-order valence-electron chi connectivity index (χ2n) is 3.45. The lowest BCUT2D eigenvalue weighted by Crippen LogP contribution is -2.04. The summed E-state index contributed by atoms with van der Waals surface area (Å²) >= 11 is 0. The number of anilines is 2. The summed E-state index contributed by atoms with van der Waals surface area (Å²) in [5, 5.41) is 3.06. The van der Waals surface area contributed by atoms with Gasteiger partial charge in [-0.15, -0.1) is 0 Å². The molecule has 1 aromatic carbocycles. The van der Waals surface area contributed by atoms with Crippen LogP contribution in [0.15, 0.2) is 36.9 Å². The molecule has 0 atom stereocenters. The molecule has 0 fully saturated rings. The van der Waals surface area contributed by atoms with Crippen molar-refractivity contribution in [2.24, 2.45) is 0 Å². The Balaban J connectivity index is 1.91. The van der Waals surface area contributed by atoms with E-state index in [0.717, 1.165) is 11.4 Å². The topological polar surface area (TPSA) is 69.2 Å². The molecular weight excluding hydrogens is 232 g/mol. The monoisotopic (exact) mass is 246 g/mol. The Labute approximate surface area is 105 Å². The Hall–Kier alpha value is -2.21. The van der Waals surface area contributed by atoms with Gasteiger partial charge in [0, 0.05) is 12.8 Å². The summed E-state index contributed by atoms with van der Waals surface area (Å²) in [5.41, 5.74) is 0.889. The first-order valence-electron chi connectivity index (χ1n) is 5.49. The van der Waals surface area contributed by atoms with Gasteiger partial charge >= 0.3 is 0 Å². The van der Waals surface area contributed by atoms with Crippen molar-refractivity contribution in [2.45, 2.75) is 0 Å². The van der Waals surface area contributed by atoms with E-state index in [-0.39, 0.29) is 0 Å². The van der Waals surface area contributed by atoms with Crippen molar-refractivity contribution in [3.8, 4) is 5.75 Å². The van der Waals surface area contributed by atoms with Crippen molar-refractivity contribution in [1.82, 2.24) is 15.0 Å². The van der Waals surface area contributed by atoms with Gasteiger partial charge in [-0.05, 0) is 24.3 Å². The van der Waals surface area contributed by atoms with Gasteiger partial charge in [-0.2, -0.15) is 0 Å². The largest absolute Gasteiger partial charge is 0.491 e. The lowest BCUT2D eigenvalue weighted by atomic mass is 10.3. The van der Waals surface area contributed by atoms with Crippen LogP contribution in [0.25, 0.3) is 0 Å². The van der Waals surface area contributed by atoms with Crippen LogP contribution in [0.2, 0.25) is 0 Å². The zero-order valence-electron chi connectivity index (χ0n) is 10.0. The van der Waals surface area contributed by atoms with Gasteiger partial charge in [0.15, 0.2) is 0 Å². The Morgan fingerprint density at radius 1 is 1.06 bits per heavy atom. The van der Waals surface area contributed by atoms with Crippen LogP contribution in [0, 0.1) is 0 Å². The van der Waals surface area contributed by atoms with Gasteiger partial charge in [-0.25, -0.2) is 15.0 Å². The second kappa shape index (κ2) is 6.51. The number of nitrogens with zero attached hydrogens (tertiary/aromatic N) is 3. The molecule has 0 aliphatic carbocycles. The lowest BCUT2D eigenvalue weighted by molar-refractivity contribution is 0.146. The summed E-state index contributed by atoms with van der Waals surface area (Å²) < 4.78 is 10.4. The maximum atomic E-state index is 5.46. The summed E-state index contributed by atoms with van der Waals surface area (Å²) in [6.07, 6.45) is 2.88. The first kappa shape index (κ1) is 12.3. The fourth-order valence-corrected chi connectivity index (χ4v) is 1.31. The summed E-state index contributed by atoms with van der Waals surface area (Å²) in [7, 11) is 1.64. The quantitative estimate of drug-likeness (QED) is 0.781. The second-order valence-corrected chi connectivity index (χ2v) is 3.45. The minimum absolute atomic E-state index is 0.512. The van der Waals surface area contributed by atoms with Crippen molar-refractivity contribution in [3.63, 3.8) is 0 Å². The van der Waals surface area contributed by atoms with E-state index >= 15 is 0 Å². The molecule has 6 nitrogen and oxygen atoms in total. The molecule has 0 saturated carbocycles. The molecule has 0 unspecified atom stereocenters. The molecular formula is C12H14N4O2. The molecule has 2 aromatic rings. The third-order valence-corrected chi connectivity index (χ3v) is 2.16. The van der Waals surface area contributed by atoms with Gasteiger partial charge in [0.25, 0.3) is 0 Å². The molecule has 18 heavy (non-hydrogen) atoms. The zero-order chi connectivity index (χ0) is 12.6. The predicted molar refractivity (Wildman–Crippen MR) is 66.9 cm³/mol. The van der Waals surface area contributed by atoms with Gasteiger partial charge in [0.05, 0.1) is 6.61 Å². The third-order valence-electron chi connectivity index (χ3n) is 2.16. The fourth-order valence-electron chi connectivity index (χ4n) is 1.31. The SMILES string of the molecule is COCCOc1ccc(Nc2ncncn2)cc1. The summed E-state index contributed by atoms with van der Waals surface area (Å²) in [6, 6.07) is 7.54. The van der Waals surface area contributed by atoms with Crippen molar-refractivity contribution < 1.29 is 9.47 Å². The molecule has 0 aliphatic heterocycles. The number of methoxy groups -OCH3 is 1. The molecule has 6 heteroatoms. The maximum Gasteiger partial charge on any atom is 0.230 e. The third kappa shape index (κ3) is 3.67. The van der Waals surface area contributed by atoms with Crippen LogP contribution in [0.5, 0.6) is 5.75 Å². The molecule has 0 amide bonds. The molecule has 0 bridgehead atoms. The Morgan fingerprint density at radius 2 is 1.78 bits per heavy atom. The van der Waals surface area contributed by atoms with Crippen LogP contribution in [-0.2, 0) is 4.74 Å². The van der Waals surface area contributed by atoms with Crippen molar-refractivity contribution in [3.05, 3.63) is 36.9 Å². The molecule has 0 spiro atoms. The fraction of sp³-hybridized carbons (Fsp3) is 0.250. The van der Waals surface area contributed by atoms with Crippen molar-refractivity contribution in [1.29, 1.82) is 0 Å². The van der Waals surface area contributed by atoms with Crippen LogP contribution in [-0.4, -0.2) is 35.3 Å². The Morgan fingerprint density at radius 3 is 2.44 bits per heavy atom. The summed E-state index contributed by atoms with van der Waals surface area (Å²) in [4.78, 5) is 11.7. The van der Waals surface area contributed by atoms with Crippen LogP contribution in [0.1, 0.15) is 0 Å². The smallest absolute Gasteiger partial charge is 0.230 e. The highest BCUT2D eigenvalue weighted by Crippen LogP contribution is 2.17. The van der Waals surface area contributed by atoms with Crippen molar-refractivity contribution >= 4 is 11.6 Å². The minimum Gasteiger partial charge on any atom is -0.491 e. The van der Waals surface area contributed by atoms with E-state index in [4.69, 9.17) is 9.47 Å². The average Bonchev–Trinajstić information content (AvgIpc) is 2.42. The number of rotatable bonds is 6. The number of benzene rings is 1. The maximum absolute atomic E-state index is 5.46. The molecule has 1 aromatic heterocycles. The highest BCUT2D eigenvalue weighted by atomic mass is 16.5. The highest BCUT2D eigenvalue weighted by molar-refractivity contribution is 5.54. The van der Waals surface area contributed by atoms with E-state index < -0.39 is 0 Å². The summed E-state index contributed by atoms with van der Waals surface area (Å²) in [6.45, 7) is 1.11. The lowest BCUT2D eigenvalue weighted by Gasteiger charge is -2.07. The van der Waals surface area contributed by atoms with Gasteiger partial charge in [0.1, 0.15) is 25.0 Å². The number of hydrogen-bond acceptors (Lipinski definition) is 6. The van der Waals surface area contributed by atoms with Gasteiger partial charge in [-0.1, -0.05) is 0 Å². The molecule has 0 aliphatic rings. The van der Waals surface area contributed by atoms with E-state index in [1.165, 1.54) is 12.7 Å². The van der Waals surface area contributed by atoms with E-state index in [1.54, 1.807) is 7.11 Å². The highest BCUT2D eigenvalue weighted by Gasteiger charge is 1.98. The molecule has 1 N–H and O–H groups in total. The summed E-state index contributed by atoms with van der Waals surface area (Å²) in [5.74, 6) is 1.31. The first-order chi connectivity index (χ1) is 8.88. The number of hydrogen-bond donors (Lipinski definition) is 1. The first-order valence-corrected chi connectivity index (χ1v) is 5.49. The number of aromatic nitrogens is 3. The number of ether oxygens (including phenoxy) is 2. The van der Waals surface area contributed by atoms with Crippen LogP contribution in [0.4, 0.5) is 11.6 Å². The Kier molecular flexibility index (Phi) is 4.43. The molecule has 0 radical (unpaired) electrons. The van der Waals surface area contributed by atoms with Gasteiger partial charge in [-0.3, -0.25) is 0 Å². The number of nitrogens with one attached hydrogen (secondary N) is 1. The zero-order valence-corrected chi connectivity index (χ0v) is 10.0. The van der Waals surface area contributed by atoms with Crippen LogP contribution >= 0.6 is 0 Å². The van der Waals surface area contributed by atoms with E-state index in [9.17, 15) is 0 Å². The Bertz CT molecular complexity index is 461. The average molecular weight is 246 g/mol. The molecule has 2 rings (SSSR count). The normalized spacial score (nSPS) is 10.1. The molecule has 94 valence electrons. The minimum atomic E-state index is 0.512. The van der Waals surface area contributed by atoms with E-state index in [2.05, 4.69) is 20.3 Å². The van der Waals surface area contributed by atoms with Crippen molar-refractivity contribution in [2.75, 3.05) is 25.6 Å². The van der Waals surface area contributed by atoms with Crippen LogP contribution < -0.4 is 10.1 Å². The standard InChI is InChI=1S/C12H14N4O2/c1-17-6-7-18-11-4-2-10(3-5-11)16-12-14-8-13-9-15-12/h2-5,8-9H,6-7H2,1H3,(H,13,14,15,16). The van der Waals surface area contributed by atoms with Gasteiger partial charge in [0.2, 0.25) is 5.95 Å².